The highest BCUT2D eigenvalue weighted by atomic mass is 19.1. The molecule has 2 heterocycles. The van der Waals surface area contributed by atoms with Crippen LogP contribution in [0.5, 0.6) is 0 Å². The van der Waals surface area contributed by atoms with Crippen molar-refractivity contribution in [3.8, 4) is 0 Å². The van der Waals surface area contributed by atoms with Gasteiger partial charge in [0.05, 0.1) is 36.7 Å². The third kappa shape index (κ3) is 4.40. The first kappa shape index (κ1) is 18.8. The number of carbonyl (C=O) groups is 2. The number of anilines is 1. The largest absolute Gasteiger partial charge is 0.478 e. The van der Waals surface area contributed by atoms with E-state index in [1.165, 1.54) is 29.3 Å². The molecule has 0 spiro atoms. The summed E-state index contributed by atoms with van der Waals surface area (Å²) in [7, 11) is 0. The standard InChI is InChI=1S/C19H20FN3O4/c1-13-2-5-17(16(20)10-13)23(19(26)22-6-8-27-9-7-22)12-15-4-3-14(11-21-15)18(24)25/h2-5,10-11H,6-9,12H2,1H3,(H,24,25). The molecule has 142 valence electrons. The highest BCUT2D eigenvalue weighted by Gasteiger charge is 2.26. The summed E-state index contributed by atoms with van der Waals surface area (Å²) in [5, 5.41) is 8.98. The number of benzene rings is 1. The fourth-order valence-corrected chi connectivity index (χ4v) is 2.82. The molecule has 1 fully saturated rings. The average molecular weight is 373 g/mol. The second-order valence-corrected chi connectivity index (χ2v) is 6.27. The number of aromatic carboxylic acids is 1. The third-order valence-electron chi connectivity index (χ3n) is 4.30. The van der Waals surface area contributed by atoms with Crippen molar-refractivity contribution in [2.24, 2.45) is 0 Å². The van der Waals surface area contributed by atoms with Crippen LogP contribution in [0.1, 0.15) is 21.6 Å². The quantitative estimate of drug-likeness (QED) is 0.891. The number of amides is 2. The lowest BCUT2D eigenvalue weighted by molar-refractivity contribution is 0.0547. The van der Waals surface area contributed by atoms with Crippen LogP contribution in [0.15, 0.2) is 36.5 Å². The molecule has 2 aromatic rings. The highest BCUT2D eigenvalue weighted by Crippen LogP contribution is 2.24. The number of pyridine rings is 1. The molecule has 0 unspecified atom stereocenters. The molecular weight excluding hydrogens is 353 g/mol. The number of halogens is 1. The minimum absolute atomic E-state index is 0.0239. The lowest BCUT2D eigenvalue weighted by Gasteiger charge is -2.33. The normalized spacial score (nSPS) is 14.1. The molecule has 3 rings (SSSR count). The minimum atomic E-state index is -1.08. The van der Waals surface area contributed by atoms with E-state index in [1.54, 1.807) is 24.0 Å². The van der Waals surface area contributed by atoms with Gasteiger partial charge in [0, 0.05) is 19.3 Å². The van der Waals surface area contributed by atoms with Crippen molar-refractivity contribution in [1.82, 2.24) is 9.88 Å². The van der Waals surface area contributed by atoms with Gasteiger partial charge in [-0.05, 0) is 36.8 Å². The Labute approximate surface area is 156 Å². The Morgan fingerprint density at radius 3 is 2.59 bits per heavy atom. The number of aromatic nitrogens is 1. The maximum Gasteiger partial charge on any atom is 0.337 e. The van der Waals surface area contributed by atoms with Crippen molar-refractivity contribution < 1.29 is 23.8 Å². The molecule has 0 saturated carbocycles. The van der Waals surface area contributed by atoms with Crippen LogP contribution >= 0.6 is 0 Å². The summed E-state index contributed by atoms with van der Waals surface area (Å²) in [4.78, 5) is 31.0. The summed E-state index contributed by atoms with van der Waals surface area (Å²) in [5.74, 6) is -1.58. The highest BCUT2D eigenvalue weighted by molar-refractivity contribution is 5.92. The Hall–Kier alpha value is -3.00. The van der Waals surface area contributed by atoms with Gasteiger partial charge in [-0.15, -0.1) is 0 Å². The summed E-state index contributed by atoms with van der Waals surface area (Å²) in [6, 6.07) is 7.26. The molecule has 0 aliphatic carbocycles. The summed E-state index contributed by atoms with van der Waals surface area (Å²) < 4.78 is 19.8. The lowest BCUT2D eigenvalue weighted by atomic mass is 10.2. The first-order valence-corrected chi connectivity index (χ1v) is 8.54. The zero-order valence-corrected chi connectivity index (χ0v) is 14.9. The maximum absolute atomic E-state index is 14.6. The van der Waals surface area contributed by atoms with E-state index in [2.05, 4.69) is 4.98 Å². The van der Waals surface area contributed by atoms with Crippen molar-refractivity contribution in [1.29, 1.82) is 0 Å². The number of carbonyl (C=O) groups excluding carboxylic acids is 1. The van der Waals surface area contributed by atoms with Gasteiger partial charge in [-0.3, -0.25) is 9.88 Å². The molecule has 1 N–H and O–H groups in total. The van der Waals surface area contributed by atoms with Crippen molar-refractivity contribution in [2.75, 3.05) is 31.2 Å². The van der Waals surface area contributed by atoms with Crippen molar-refractivity contribution >= 4 is 17.7 Å². The van der Waals surface area contributed by atoms with Gasteiger partial charge in [0.25, 0.3) is 0 Å². The first-order valence-electron chi connectivity index (χ1n) is 8.54. The number of morpholine rings is 1. The summed E-state index contributed by atoms with van der Waals surface area (Å²) >= 11 is 0. The Morgan fingerprint density at radius 2 is 2.00 bits per heavy atom. The summed E-state index contributed by atoms with van der Waals surface area (Å²) in [5.41, 5.74) is 1.41. The third-order valence-corrected chi connectivity index (χ3v) is 4.30. The molecule has 0 bridgehead atoms. The first-order chi connectivity index (χ1) is 13.0. The molecule has 1 aliphatic rings. The fourth-order valence-electron chi connectivity index (χ4n) is 2.82. The predicted octanol–water partition coefficient (Wildman–Crippen LogP) is 2.69. The van der Waals surface area contributed by atoms with Crippen LogP contribution in [0.4, 0.5) is 14.9 Å². The number of hydrogen-bond donors (Lipinski definition) is 1. The molecule has 7 nitrogen and oxygen atoms in total. The Balaban J connectivity index is 1.91. The van der Waals surface area contributed by atoms with Crippen LogP contribution in [-0.4, -0.2) is 53.3 Å². The van der Waals surface area contributed by atoms with Gasteiger partial charge >= 0.3 is 12.0 Å². The van der Waals surface area contributed by atoms with E-state index in [1.807, 2.05) is 0 Å². The van der Waals surface area contributed by atoms with Gasteiger partial charge in [0.15, 0.2) is 0 Å². The van der Waals surface area contributed by atoms with E-state index in [-0.39, 0.29) is 23.8 Å². The van der Waals surface area contributed by atoms with Gasteiger partial charge < -0.3 is 14.7 Å². The van der Waals surface area contributed by atoms with E-state index >= 15 is 0 Å². The number of nitrogens with zero attached hydrogens (tertiary/aromatic N) is 3. The second-order valence-electron chi connectivity index (χ2n) is 6.27. The van der Waals surface area contributed by atoms with Crippen molar-refractivity contribution in [3.63, 3.8) is 0 Å². The number of urea groups is 1. The van der Waals surface area contributed by atoms with E-state index < -0.39 is 11.8 Å². The van der Waals surface area contributed by atoms with Crippen LogP contribution < -0.4 is 4.90 Å². The van der Waals surface area contributed by atoms with Crippen molar-refractivity contribution in [3.05, 3.63) is 59.2 Å². The molecule has 1 aliphatic heterocycles. The number of carboxylic acid groups (broad SMARTS) is 1. The lowest BCUT2D eigenvalue weighted by Crippen LogP contribution is -2.48. The van der Waals surface area contributed by atoms with Crippen LogP contribution in [0.25, 0.3) is 0 Å². The zero-order valence-electron chi connectivity index (χ0n) is 14.9. The Bertz CT molecular complexity index is 835. The zero-order chi connectivity index (χ0) is 19.4. The van der Waals surface area contributed by atoms with E-state index in [9.17, 15) is 14.0 Å². The molecule has 1 aromatic carbocycles. The monoisotopic (exact) mass is 373 g/mol. The molecule has 8 heteroatoms. The van der Waals surface area contributed by atoms with Crippen LogP contribution in [0.3, 0.4) is 0 Å². The van der Waals surface area contributed by atoms with Gasteiger partial charge in [-0.25, -0.2) is 14.0 Å². The second kappa shape index (κ2) is 8.13. The number of ether oxygens (including phenoxy) is 1. The topological polar surface area (TPSA) is 83.0 Å². The van der Waals surface area contributed by atoms with Crippen molar-refractivity contribution in [2.45, 2.75) is 13.5 Å². The van der Waals surface area contributed by atoms with E-state index in [4.69, 9.17) is 9.84 Å². The Morgan fingerprint density at radius 1 is 1.26 bits per heavy atom. The summed E-state index contributed by atoms with van der Waals surface area (Å²) in [6.45, 7) is 3.51. The Kier molecular flexibility index (Phi) is 5.66. The molecule has 0 radical (unpaired) electrons. The average Bonchev–Trinajstić information content (AvgIpc) is 2.67. The molecule has 27 heavy (non-hydrogen) atoms. The van der Waals surface area contributed by atoms with Crippen LogP contribution in [0.2, 0.25) is 0 Å². The van der Waals surface area contributed by atoms with Gasteiger partial charge in [0.2, 0.25) is 0 Å². The number of aryl methyl sites for hydroxylation is 1. The molecular formula is C19H20FN3O4. The predicted molar refractivity (Wildman–Crippen MR) is 96.3 cm³/mol. The molecule has 2 amide bonds. The van der Waals surface area contributed by atoms with Crippen LogP contribution in [-0.2, 0) is 11.3 Å². The maximum atomic E-state index is 14.6. The van der Waals surface area contributed by atoms with Crippen LogP contribution in [0, 0.1) is 12.7 Å². The minimum Gasteiger partial charge on any atom is -0.478 e. The van der Waals surface area contributed by atoms with E-state index in [0.717, 1.165) is 5.56 Å². The van der Waals surface area contributed by atoms with Gasteiger partial charge in [-0.2, -0.15) is 0 Å². The van der Waals surface area contributed by atoms with Gasteiger partial charge in [0.1, 0.15) is 5.82 Å². The molecule has 1 aromatic heterocycles. The number of hydrogen-bond acceptors (Lipinski definition) is 4. The molecule has 1 saturated heterocycles. The summed E-state index contributed by atoms with van der Waals surface area (Å²) in [6.07, 6.45) is 1.22. The van der Waals surface area contributed by atoms with Gasteiger partial charge in [-0.1, -0.05) is 6.07 Å². The molecule has 0 atom stereocenters. The van der Waals surface area contributed by atoms with E-state index in [0.29, 0.717) is 32.0 Å². The number of rotatable bonds is 4. The SMILES string of the molecule is Cc1ccc(N(Cc2ccc(C(=O)O)cn2)C(=O)N2CCOCC2)c(F)c1. The number of carboxylic acids is 1. The smallest absolute Gasteiger partial charge is 0.337 e. The fraction of sp³-hybridized carbons (Fsp3) is 0.316.